The maximum atomic E-state index is 12.9. The van der Waals surface area contributed by atoms with Crippen LogP contribution in [0.15, 0.2) is 18.2 Å². The highest BCUT2D eigenvalue weighted by Crippen LogP contribution is 2.38. The second-order valence-corrected chi connectivity index (χ2v) is 6.65. The molecule has 1 unspecified atom stereocenters. The standard InChI is InChI=1S/C17H22N2O2/c20-16(14-4-1-3-13-5-10-21-15(13)14)19-9-7-17(12-19)6-2-8-18-11-17/h1,3-4,18H,2,5-12H2. The van der Waals surface area contributed by atoms with Crippen molar-refractivity contribution in [1.82, 2.24) is 10.2 Å². The summed E-state index contributed by atoms with van der Waals surface area (Å²) in [5, 5.41) is 3.50. The van der Waals surface area contributed by atoms with E-state index in [4.69, 9.17) is 4.74 Å². The van der Waals surface area contributed by atoms with Crippen LogP contribution in [-0.2, 0) is 6.42 Å². The van der Waals surface area contributed by atoms with Gasteiger partial charge in [0.15, 0.2) is 0 Å². The van der Waals surface area contributed by atoms with E-state index in [1.165, 1.54) is 18.4 Å². The van der Waals surface area contributed by atoms with Crippen LogP contribution in [0.3, 0.4) is 0 Å². The van der Waals surface area contributed by atoms with Gasteiger partial charge in [0, 0.05) is 31.5 Å². The minimum Gasteiger partial charge on any atom is -0.492 e. The number of amides is 1. The van der Waals surface area contributed by atoms with Crippen LogP contribution < -0.4 is 10.1 Å². The molecule has 112 valence electrons. The molecule has 0 saturated carbocycles. The predicted molar refractivity (Wildman–Crippen MR) is 80.7 cm³/mol. The van der Waals surface area contributed by atoms with Crippen molar-refractivity contribution in [3.05, 3.63) is 29.3 Å². The summed E-state index contributed by atoms with van der Waals surface area (Å²) in [6.45, 7) is 4.65. The third-order valence-corrected chi connectivity index (χ3v) is 5.23. The topological polar surface area (TPSA) is 41.6 Å². The van der Waals surface area contributed by atoms with Gasteiger partial charge in [-0.2, -0.15) is 0 Å². The van der Waals surface area contributed by atoms with Crippen molar-refractivity contribution < 1.29 is 9.53 Å². The van der Waals surface area contributed by atoms with Crippen LogP contribution in [0.25, 0.3) is 0 Å². The lowest BCUT2D eigenvalue weighted by molar-refractivity contribution is 0.0760. The van der Waals surface area contributed by atoms with E-state index in [1.54, 1.807) is 0 Å². The molecule has 1 aromatic carbocycles. The van der Waals surface area contributed by atoms with Crippen LogP contribution in [0.1, 0.15) is 35.2 Å². The number of hydrogen-bond acceptors (Lipinski definition) is 3. The molecule has 2 saturated heterocycles. The molecule has 4 heteroatoms. The molecule has 0 aliphatic carbocycles. The number of hydrogen-bond donors (Lipinski definition) is 1. The molecule has 1 aromatic rings. The first-order valence-corrected chi connectivity index (χ1v) is 8.02. The zero-order valence-electron chi connectivity index (χ0n) is 12.4. The average molecular weight is 286 g/mol. The predicted octanol–water partition coefficient (Wildman–Crippen LogP) is 1.84. The molecule has 0 aromatic heterocycles. The fourth-order valence-corrected chi connectivity index (χ4v) is 4.04. The fourth-order valence-electron chi connectivity index (χ4n) is 4.04. The molecule has 1 amide bonds. The van der Waals surface area contributed by atoms with E-state index in [1.807, 2.05) is 17.0 Å². The van der Waals surface area contributed by atoms with E-state index in [-0.39, 0.29) is 5.91 Å². The highest BCUT2D eigenvalue weighted by molar-refractivity contribution is 5.97. The quantitative estimate of drug-likeness (QED) is 0.856. The average Bonchev–Trinajstić information content (AvgIpc) is 3.14. The number of piperidine rings is 1. The van der Waals surface area contributed by atoms with E-state index in [0.717, 1.165) is 50.3 Å². The summed E-state index contributed by atoms with van der Waals surface area (Å²) in [6.07, 6.45) is 4.52. The number of ether oxygens (including phenoxy) is 1. The van der Waals surface area contributed by atoms with Crippen molar-refractivity contribution in [2.45, 2.75) is 25.7 Å². The first-order chi connectivity index (χ1) is 10.3. The van der Waals surface area contributed by atoms with E-state index >= 15 is 0 Å². The molecule has 0 bridgehead atoms. The summed E-state index contributed by atoms with van der Waals surface area (Å²) in [7, 11) is 0. The summed E-state index contributed by atoms with van der Waals surface area (Å²) in [6, 6.07) is 5.96. The molecule has 1 atom stereocenters. The third-order valence-electron chi connectivity index (χ3n) is 5.23. The molecule has 4 rings (SSSR count). The minimum absolute atomic E-state index is 0.149. The Morgan fingerprint density at radius 3 is 3.14 bits per heavy atom. The number of carbonyl (C=O) groups is 1. The number of benzene rings is 1. The van der Waals surface area contributed by atoms with Crippen LogP contribution in [0.2, 0.25) is 0 Å². The summed E-state index contributed by atoms with van der Waals surface area (Å²) in [4.78, 5) is 14.9. The maximum absolute atomic E-state index is 12.9. The monoisotopic (exact) mass is 286 g/mol. The van der Waals surface area contributed by atoms with Crippen molar-refractivity contribution in [2.24, 2.45) is 5.41 Å². The van der Waals surface area contributed by atoms with Gasteiger partial charge in [0.05, 0.1) is 12.2 Å². The molecule has 1 spiro atoms. The molecule has 21 heavy (non-hydrogen) atoms. The molecule has 3 heterocycles. The number of nitrogens with zero attached hydrogens (tertiary/aromatic N) is 1. The number of carbonyl (C=O) groups excluding carboxylic acids is 1. The first kappa shape index (κ1) is 13.1. The summed E-state index contributed by atoms with van der Waals surface area (Å²) in [5.41, 5.74) is 2.24. The summed E-state index contributed by atoms with van der Waals surface area (Å²) in [5.74, 6) is 0.974. The van der Waals surface area contributed by atoms with Crippen LogP contribution >= 0.6 is 0 Å². The molecule has 2 fully saturated rings. The maximum Gasteiger partial charge on any atom is 0.257 e. The molecule has 4 nitrogen and oxygen atoms in total. The first-order valence-electron chi connectivity index (χ1n) is 8.02. The smallest absolute Gasteiger partial charge is 0.257 e. The summed E-state index contributed by atoms with van der Waals surface area (Å²) < 4.78 is 5.69. The fraction of sp³-hybridized carbons (Fsp3) is 0.588. The highest BCUT2D eigenvalue weighted by atomic mass is 16.5. The van der Waals surface area contributed by atoms with E-state index in [0.29, 0.717) is 12.0 Å². The Morgan fingerprint density at radius 1 is 1.33 bits per heavy atom. The zero-order chi connectivity index (χ0) is 14.3. The Bertz CT molecular complexity index is 564. The molecule has 1 N–H and O–H groups in total. The van der Waals surface area contributed by atoms with Gasteiger partial charge in [-0.15, -0.1) is 0 Å². The Kier molecular flexibility index (Phi) is 3.14. The number of fused-ring (bicyclic) bond motifs is 1. The van der Waals surface area contributed by atoms with Crippen LogP contribution in [-0.4, -0.2) is 43.6 Å². The van der Waals surface area contributed by atoms with Crippen LogP contribution in [0, 0.1) is 5.41 Å². The van der Waals surface area contributed by atoms with Crippen molar-refractivity contribution in [2.75, 3.05) is 32.8 Å². The van der Waals surface area contributed by atoms with Gasteiger partial charge < -0.3 is 15.0 Å². The molecular formula is C17H22N2O2. The Labute approximate surface area is 125 Å². The van der Waals surface area contributed by atoms with Crippen LogP contribution in [0.4, 0.5) is 0 Å². The lowest BCUT2D eigenvalue weighted by atomic mass is 9.80. The number of likely N-dealkylation sites (tertiary alicyclic amines) is 1. The SMILES string of the molecule is O=C(c1cccc2c1OCC2)N1CCC2(CCCNC2)C1. The lowest BCUT2D eigenvalue weighted by Gasteiger charge is -2.33. The van der Waals surface area contributed by atoms with Gasteiger partial charge in [0.2, 0.25) is 0 Å². The second-order valence-electron chi connectivity index (χ2n) is 6.65. The van der Waals surface area contributed by atoms with Gasteiger partial charge >= 0.3 is 0 Å². The molecular weight excluding hydrogens is 264 g/mol. The number of rotatable bonds is 1. The van der Waals surface area contributed by atoms with Crippen molar-refractivity contribution in [3.63, 3.8) is 0 Å². The third kappa shape index (κ3) is 2.22. The lowest BCUT2D eigenvalue weighted by Crippen LogP contribution is -2.42. The Morgan fingerprint density at radius 2 is 2.29 bits per heavy atom. The van der Waals surface area contributed by atoms with E-state index in [9.17, 15) is 4.79 Å². The normalized spacial score (nSPS) is 27.7. The number of nitrogens with one attached hydrogen (secondary N) is 1. The summed E-state index contributed by atoms with van der Waals surface area (Å²) >= 11 is 0. The molecule has 0 radical (unpaired) electrons. The van der Waals surface area contributed by atoms with Crippen molar-refractivity contribution >= 4 is 5.91 Å². The zero-order valence-corrected chi connectivity index (χ0v) is 12.4. The largest absolute Gasteiger partial charge is 0.492 e. The molecule has 3 aliphatic rings. The van der Waals surface area contributed by atoms with Crippen LogP contribution in [0.5, 0.6) is 5.75 Å². The van der Waals surface area contributed by atoms with E-state index in [2.05, 4.69) is 11.4 Å². The van der Waals surface area contributed by atoms with Crippen molar-refractivity contribution in [3.8, 4) is 5.75 Å². The molecule has 3 aliphatic heterocycles. The van der Waals surface area contributed by atoms with Crippen molar-refractivity contribution in [1.29, 1.82) is 0 Å². The highest BCUT2D eigenvalue weighted by Gasteiger charge is 2.41. The van der Waals surface area contributed by atoms with Gasteiger partial charge in [-0.1, -0.05) is 12.1 Å². The second kappa shape index (κ2) is 5.02. The minimum atomic E-state index is 0.149. The Hall–Kier alpha value is -1.55. The van der Waals surface area contributed by atoms with Gasteiger partial charge in [-0.05, 0) is 37.4 Å². The van der Waals surface area contributed by atoms with E-state index < -0.39 is 0 Å². The van der Waals surface area contributed by atoms with Gasteiger partial charge in [0.1, 0.15) is 5.75 Å². The number of para-hydroxylation sites is 1. The van der Waals surface area contributed by atoms with Gasteiger partial charge in [-0.25, -0.2) is 0 Å². The van der Waals surface area contributed by atoms with Gasteiger partial charge in [-0.3, -0.25) is 4.79 Å². The van der Waals surface area contributed by atoms with Gasteiger partial charge in [0.25, 0.3) is 5.91 Å². The Balaban J connectivity index is 1.55.